The fourth-order valence-electron chi connectivity index (χ4n) is 2.21. The van der Waals surface area contributed by atoms with Crippen molar-refractivity contribution in [3.63, 3.8) is 0 Å². The summed E-state index contributed by atoms with van der Waals surface area (Å²) in [5.74, 6) is -0.984. The lowest BCUT2D eigenvalue weighted by atomic mass is 10.1. The second kappa shape index (κ2) is 8.62. The summed E-state index contributed by atoms with van der Waals surface area (Å²) in [6.45, 7) is 3.48. The number of aromatic hydroxyl groups is 1. The van der Waals surface area contributed by atoms with E-state index in [1.54, 1.807) is 32.0 Å². The number of nitrogens with one attached hydrogen (secondary N) is 1. The third-order valence-electron chi connectivity index (χ3n) is 3.59. The van der Waals surface area contributed by atoms with Crippen LogP contribution in [0.2, 0.25) is 0 Å². The van der Waals surface area contributed by atoms with E-state index in [-0.39, 0.29) is 17.1 Å². The summed E-state index contributed by atoms with van der Waals surface area (Å²) in [6.07, 6.45) is 0.727. The number of nitriles is 1. The third-order valence-corrected chi connectivity index (χ3v) is 3.59. The van der Waals surface area contributed by atoms with E-state index in [1.165, 1.54) is 12.3 Å². The van der Waals surface area contributed by atoms with E-state index in [9.17, 15) is 14.3 Å². The van der Waals surface area contributed by atoms with E-state index in [2.05, 4.69) is 10.5 Å². The molecule has 2 aromatic rings. The van der Waals surface area contributed by atoms with Crippen LogP contribution in [0.3, 0.4) is 0 Å². The number of hydrogen-bond donors (Lipinski definition) is 2. The Labute approximate surface area is 150 Å². The van der Waals surface area contributed by atoms with E-state index >= 15 is 0 Å². The number of para-hydroxylation sites is 1. The lowest BCUT2D eigenvalue weighted by molar-refractivity contribution is -0.128. The molecule has 2 aromatic carbocycles. The van der Waals surface area contributed by atoms with Crippen molar-refractivity contribution in [1.82, 2.24) is 5.43 Å². The van der Waals surface area contributed by atoms with Crippen LogP contribution in [0.4, 0.5) is 4.39 Å². The molecule has 7 heteroatoms. The molecule has 0 spiro atoms. The summed E-state index contributed by atoms with van der Waals surface area (Å²) >= 11 is 0. The molecule has 0 fully saturated rings. The van der Waals surface area contributed by atoms with Crippen molar-refractivity contribution >= 4 is 12.1 Å². The second-order valence-corrected chi connectivity index (χ2v) is 5.55. The average Bonchev–Trinajstić information content (AvgIpc) is 2.62. The molecule has 0 aliphatic rings. The molecule has 2 N–H and O–H groups in total. The minimum absolute atomic E-state index is 0.0811. The molecule has 0 saturated heterocycles. The van der Waals surface area contributed by atoms with Crippen LogP contribution in [0.1, 0.15) is 30.0 Å². The lowest BCUT2D eigenvalue weighted by Crippen LogP contribution is -2.35. The standard InChI is InChI=1S/C19H18FN3O3/c1-3-17(26-16-8-13(10-21)7-15(20)9-16)19(25)23-22-11-14-6-4-5-12(2)18(14)24/h4-9,11,17,24H,3H2,1-2H3,(H,23,25). The van der Waals surface area contributed by atoms with E-state index < -0.39 is 17.8 Å². The predicted molar refractivity (Wildman–Crippen MR) is 94.4 cm³/mol. The molecule has 26 heavy (non-hydrogen) atoms. The van der Waals surface area contributed by atoms with Gasteiger partial charge < -0.3 is 9.84 Å². The van der Waals surface area contributed by atoms with E-state index in [4.69, 9.17) is 10.00 Å². The van der Waals surface area contributed by atoms with Crippen molar-refractivity contribution in [1.29, 1.82) is 5.26 Å². The Morgan fingerprint density at radius 3 is 2.92 bits per heavy atom. The Kier molecular flexibility index (Phi) is 6.28. The highest BCUT2D eigenvalue weighted by atomic mass is 19.1. The van der Waals surface area contributed by atoms with E-state index in [0.717, 1.165) is 12.1 Å². The number of rotatable bonds is 6. The number of carbonyl (C=O) groups is 1. The van der Waals surface area contributed by atoms with Crippen LogP contribution in [0.15, 0.2) is 41.5 Å². The largest absolute Gasteiger partial charge is 0.507 e. The SMILES string of the molecule is CCC(Oc1cc(F)cc(C#N)c1)C(=O)NN=Cc1cccc(C)c1O. The van der Waals surface area contributed by atoms with E-state index in [1.807, 2.05) is 6.07 Å². The van der Waals surface area contributed by atoms with Gasteiger partial charge in [0.05, 0.1) is 17.8 Å². The maximum atomic E-state index is 13.5. The number of nitrogens with zero attached hydrogens (tertiary/aromatic N) is 2. The van der Waals surface area contributed by atoms with Gasteiger partial charge in [-0.25, -0.2) is 9.82 Å². The van der Waals surface area contributed by atoms with Crippen molar-refractivity contribution in [2.45, 2.75) is 26.4 Å². The first-order valence-corrected chi connectivity index (χ1v) is 7.93. The van der Waals surface area contributed by atoms with Crippen molar-refractivity contribution in [3.05, 3.63) is 58.9 Å². The molecule has 0 bridgehead atoms. The molecule has 1 atom stereocenters. The maximum absolute atomic E-state index is 13.5. The van der Waals surface area contributed by atoms with Gasteiger partial charge in [-0.1, -0.05) is 19.1 Å². The Morgan fingerprint density at radius 1 is 1.46 bits per heavy atom. The minimum atomic E-state index is -0.911. The number of amides is 1. The zero-order valence-electron chi connectivity index (χ0n) is 14.4. The molecule has 6 nitrogen and oxygen atoms in total. The van der Waals surface area contributed by atoms with Gasteiger partial charge in [-0.05, 0) is 37.1 Å². The van der Waals surface area contributed by atoms with Gasteiger partial charge in [-0.2, -0.15) is 10.4 Å². The number of phenols is 1. The topological polar surface area (TPSA) is 94.7 Å². The molecule has 0 aliphatic carbocycles. The first-order valence-electron chi connectivity index (χ1n) is 7.93. The predicted octanol–water partition coefficient (Wildman–Crippen LogP) is 3.02. The van der Waals surface area contributed by atoms with Gasteiger partial charge >= 0.3 is 0 Å². The number of carbonyl (C=O) groups excluding carboxylic acids is 1. The molecule has 2 rings (SSSR count). The van der Waals surface area contributed by atoms with Crippen LogP contribution in [-0.4, -0.2) is 23.3 Å². The number of hydrogen-bond acceptors (Lipinski definition) is 5. The molecule has 0 radical (unpaired) electrons. The monoisotopic (exact) mass is 355 g/mol. The van der Waals surface area contributed by atoms with Crippen molar-refractivity contribution in [2.24, 2.45) is 5.10 Å². The van der Waals surface area contributed by atoms with Gasteiger partial charge in [0.2, 0.25) is 0 Å². The van der Waals surface area contributed by atoms with Crippen molar-refractivity contribution in [3.8, 4) is 17.6 Å². The fraction of sp³-hybridized carbons (Fsp3) is 0.211. The molecule has 1 unspecified atom stereocenters. The molecule has 0 heterocycles. The number of aryl methyl sites for hydroxylation is 1. The Balaban J connectivity index is 2.05. The quantitative estimate of drug-likeness (QED) is 0.615. The van der Waals surface area contributed by atoms with Crippen LogP contribution >= 0.6 is 0 Å². The van der Waals surface area contributed by atoms with Crippen molar-refractivity contribution in [2.75, 3.05) is 0 Å². The molecule has 0 aliphatic heterocycles. The molecule has 1 amide bonds. The van der Waals surface area contributed by atoms with Crippen LogP contribution in [0.25, 0.3) is 0 Å². The first kappa shape index (κ1) is 18.9. The van der Waals surface area contributed by atoms with Gasteiger partial charge in [0.1, 0.15) is 17.3 Å². The lowest BCUT2D eigenvalue weighted by Gasteiger charge is -2.16. The molecular weight excluding hydrogens is 337 g/mol. The smallest absolute Gasteiger partial charge is 0.281 e. The number of halogens is 1. The van der Waals surface area contributed by atoms with Gasteiger partial charge in [0.25, 0.3) is 5.91 Å². The summed E-state index contributed by atoms with van der Waals surface area (Å²) in [5, 5.41) is 22.6. The van der Waals surface area contributed by atoms with Gasteiger partial charge in [-0.3, -0.25) is 4.79 Å². The summed E-state index contributed by atoms with van der Waals surface area (Å²) in [5.41, 5.74) is 3.58. The fourth-order valence-corrected chi connectivity index (χ4v) is 2.21. The van der Waals surface area contributed by atoms with Crippen LogP contribution in [0.5, 0.6) is 11.5 Å². The highest BCUT2D eigenvalue weighted by Crippen LogP contribution is 2.20. The number of ether oxygens (including phenoxy) is 1. The number of hydrazone groups is 1. The zero-order chi connectivity index (χ0) is 19.1. The Morgan fingerprint density at radius 2 is 2.23 bits per heavy atom. The summed E-state index contributed by atoms with van der Waals surface area (Å²) in [7, 11) is 0. The van der Waals surface area contributed by atoms with Crippen molar-refractivity contribution < 1.29 is 19.0 Å². The molecular formula is C19H18FN3O3. The van der Waals surface area contributed by atoms with E-state index in [0.29, 0.717) is 17.5 Å². The first-order chi connectivity index (χ1) is 12.4. The normalized spacial score (nSPS) is 11.8. The Bertz CT molecular complexity index is 875. The Hall–Kier alpha value is -3.40. The average molecular weight is 355 g/mol. The van der Waals surface area contributed by atoms with Crippen LogP contribution < -0.4 is 10.2 Å². The minimum Gasteiger partial charge on any atom is -0.507 e. The van der Waals surface area contributed by atoms with Gasteiger partial charge in [0, 0.05) is 11.6 Å². The zero-order valence-corrected chi connectivity index (χ0v) is 14.4. The molecule has 134 valence electrons. The second-order valence-electron chi connectivity index (χ2n) is 5.55. The van der Waals surface area contributed by atoms with Gasteiger partial charge in [-0.15, -0.1) is 0 Å². The third kappa shape index (κ3) is 4.80. The highest BCUT2D eigenvalue weighted by molar-refractivity contribution is 5.86. The summed E-state index contributed by atoms with van der Waals surface area (Å²) < 4.78 is 18.9. The number of benzene rings is 2. The summed E-state index contributed by atoms with van der Waals surface area (Å²) in [4.78, 5) is 12.2. The molecule has 0 saturated carbocycles. The van der Waals surface area contributed by atoms with Gasteiger partial charge in [0.15, 0.2) is 6.10 Å². The highest BCUT2D eigenvalue weighted by Gasteiger charge is 2.18. The molecule has 0 aromatic heterocycles. The van der Waals surface area contributed by atoms with Crippen LogP contribution in [-0.2, 0) is 4.79 Å². The summed E-state index contributed by atoms with van der Waals surface area (Å²) in [6, 6.07) is 10.5. The van der Waals surface area contributed by atoms with Crippen LogP contribution in [0, 0.1) is 24.1 Å². The number of phenolic OH excluding ortho intramolecular Hbond substituents is 1. The maximum Gasteiger partial charge on any atom is 0.281 e.